The summed E-state index contributed by atoms with van der Waals surface area (Å²) in [6.45, 7) is 2.02. The molecule has 3 heterocycles. The van der Waals surface area contributed by atoms with Crippen molar-refractivity contribution in [3.8, 4) is 5.75 Å². The fraction of sp³-hybridized carbons (Fsp3) is 0.263. The lowest BCUT2D eigenvalue weighted by molar-refractivity contribution is -0.141. The topological polar surface area (TPSA) is 95.0 Å². The number of phenolic OH excluding ortho intramolecular Hbond substituents is 1. The van der Waals surface area contributed by atoms with E-state index in [4.69, 9.17) is 11.6 Å². The number of benzene rings is 3. The van der Waals surface area contributed by atoms with E-state index in [0.717, 1.165) is 10.5 Å². The molecule has 0 radical (unpaired) electrons. The monoisotopic (exact) mass is 662 g/mol. The zero-order chi connectivity index (χ0) is 32.6. The number of imide groups is 2. The number of likely N-dealkylation sites (tertiary alicyclic amines) is 1. The van der Waals surface area contributed by atoms with Crippen LogP contribution in [0.4, 0.5) is 5.69 Å². The minimum atomic E-state index is -1.43. The summed E-state index contributed by atoms with van der Waals surface area (Å²) in [7, 11) is 0. The van der Waals surface area contributed by atoms with Gasteiger partial charge in [-0.2, -0.15) is 0 Å². The lowest BCUT2D eigenvalue weighted by atomic mass is 9.49. The van der Waals surface area contributed by atoms with Crippen molar-refractivity contribution in [3.05, 3.63) is 129 Å². The van der Waals surface area contributed by atoms with E-state index in [-0.39, 0.29) is 36.4 Å². The molecule has 9 heteroatoms. The Morgan fingerprint density at radius 3 is 2.43 bits per heavy atom. The summed E-state index contributed by atoms with van der Waals surface area (Å²) in [6, 6.07) is 25.3. The van der Waals surface area contributed by atoms with Crippen molar-refractivity contribution in [2.45, 2.75) is 37.6 Å². The highest BCUT2D eigenvalue weighted by molar-refractivity contribution is 7.09. The Balaban J connectivity index is 1.35. The third-order valence-electron chi connectivity index (χ3n) is 10.7. The number of allylic oxidation sites excluding steroid dienone is 2. The molecule has 3 fully saturated rings. The molecule has 4 aromatic rings. The first-order valence-corrected chi connectivity index (χ1v) is 17.0. The summed E-state index contributed by atoms with van der Waals surface area (Å²) in [4.78, 5) is 61.6. The van der Waals surface area contributed by atoms with Crippen LogP contribution >= 0.6 is 22.9 Å². The number of hydrogen-bond donors (Lipinski definition) is 1. The first kappa shape index (κ1) is 29.8. The van der Waals surface area contributed by atoms with Gasteiger partial charge >= 0.3 is 0 Å². The zero-order valence-electron chi connectivity index (χ0n) is 25.5. The van der Waals surface area contributed by atoms with E-state index in [1.54, 1.807) is 37.3 Å². The van der Waals surface area contributed by atoms with E-state index in [2.05, 4.69) is 0 Å². The number of halogens is 1. The number of carbonyl (C=O) groups excluding carboxylic acids is 4. The van der Waals surface area contributed by atoms with Crippen LogP contribution in [-0.4, -0.2) is 33.6 Å². The summed E-state index contributed by atoms with van der Waals surface area (Å²) in [6.07, 6.45) is 2.55. The molecule has 6 unspecified atom stereocenters. The van der Waals surface area contributed by atoms with E-state index in [1.165, 1.54) is 21.1 Å². The third kappa shape index (κ3) is 4.24. The summed E-state index contributed by atoms with van der Waals surface area (Å²) >= 11 is 7.87. The van der Waals surface area contributed by atoms with Crippen LogP contribution in [0.15, 0.2) is 102 Å². The van der Waals surface area contributed by atoms with Gasteiger partial charge in [-0.05, 0) is 66.5 Å². The van der Waals surface area contributed by atoms with Crippen LogP contribution in [0.3, 0.4) is 0 Å². The fourth-order valence-corrected chi connectivity index (χ4v) is 9.66. The van der Waals surface area contributed by atoms with Gasteiger partial charge in [0.15, 0.2) is 0 Å². The van der Waals surface area contributed by atoms with Gasteiger partial charge in [0.25, 0.3) is 0 Å². The Morgan fingerprint density at radius 1 is 0.894 bits per heavy atom. The number of anilines is 1. The molecule has 3 aromatic carbocycles. The van der Waals surface area contributed by atoms with Crippen LogP contribution in [0, 0.1) is 30.6 Å². The van der Waals surface area contributed by atoms with Crippen molar-refractivity contribution in [2.24, 2.45) is 23.7 Å². The van der Waals surface area contributed by atoms with Crippen molar-refractivity contribution in [1.29, 1.82) is 0 Å². The number of aromatic hydroxyl groups is 1. The van der Waals surface area contributed by atoms with Gasteiger partial charge < -0.3 is 5.11 Å². The van der Waals surface area contributed by atoms with E-state index >= 15 is 4.79 Å². The summed E-state index contributed by atoms with van der Waals surface area (Å²) in [5.74, 6) is -4.54. The molecular formula is C38H31ClN2O5S. The maximum atomic E-state index is 15.2. The number of phenols is 1. The van der Waals surface area contributed by atoms with Gasteiger partial charge in [-0.3, -0.25) is 24.1 Å². The largest absolute Gasteiger partial charge is 0.507 e. The first-order valence-electron chi connectivity index (χ1n) is 15.8. The minimum absolute atomic E-state index is 0.0461. The standard InChI is InChI=1S/C38H31ClN2O5S/c1-21-8-5-14-28(33(21)42)32-26-15-16-27-31(36(45)40(34(27)43)20-25-13-7-17-47-25)29(26)19-30-35(44)41(24-12-6-11-23(39)18-24)37(46)38(30,32)22-9-3-2-4-10-22/h2-15,17-18,27,29-32,42H,16,19-20H2,1H3. The molecule has 2 aliphatic heterocycles. The van der Waals surface area contributed by atoms with Crippen molar-refractivity contribution in [2.75, 3.05) is 4.90 Å². The van der Waals surface area contributed by atoms with Gasteiger partial charge in [-0.15, -0.1) is 11.3 Å². The molecule has 2 saturated heterocycles. The van der Waals surface area contributed by atoms with E-state index in [0.29, 0.717) is 33.8 Å². The molecular weight excluding hydrogens is 632 g/mol. The molecule has 6 atom stereocenters. The zero-order valence-corrected chi connectivity index (χ0v) is 27.1. The fourth-order valence-electron chi connectivity index (χ4n) is 8.78. The van der Waals surface area contributed by atoms with Gasteiger partial charge in [0, 0.05) is 21.4 Å². The van der Waals surface area contributed by atoms with Crippen molar-refractivity contribution in [1.82, 2.24) is 4.90 Å². The molecule has 2 aliphatic carbocycles. The lowest BCUT2D eigenvalue weighted by Gasteiger charge is -2.50. The predicted molar refractivity (Wildman–Crippen MR) is 179 cm³/mol. The van der Waals surface area contributed by atoms with Gasteiger partial charge in [0.05, 0.1) is 35.4 Å². The molecule has 0 bridgehead atoms. The average molecular weight is 663 g/mol. The molecule has 8 rings (SSSR count). The highest BCUT2D eigenvalue weighted by Gasteiger charge is 2.70. The minimum Gasteiger partial charge on any atom is -0.507 e. The van der Waals surface area contributed by atoms with Crippen molar-refractivity contribution >= 4 is 52.3 Å². The highest BCUT2D eigenvalue weighted by atomic mass is 35.5. The van der Waals surface area contributed by atoms with Crippen LogP contribution in [0.25, 0.3) is 0 Å². The SMILES string of the molecule is Cc1cccc(C2C3=CCC4C(=O)N(Cc5cccs5)C(=O)C4C3CC3C(=O)N(c4cccc(Cl)c4)C(=O)C32c2ccccc2)c1O. The Bertz CT molecular complexity index is 1990. The molecule has 4 amide bonds. The molecule has 0 spiro atoms. The second kappa shape index (κ2) is 11.0. The maximum absolute atomic E-state index is 15.2. The number of thiophene rings is 1. The number of rotatable bonds is 5. The molecule has 47 heavy (non-hydrogen) atoms. The van der Waals surface area contributed by atoms with Gasteiger partial charge in [0.2, 0.25) is 23.6 Å². The number of hydrogen-bond acceptors (Lipinski definition) is 6. The van der Waals surface area contributed by atoms with Crippen LogP contribution in [0.1, 0.15) is 40.3 Å². The Morgan fingerprint density at radius 2 is 1.68 bits per heavy atom. The second-order valence-corrected chi connectivity index (χ2v) is 14.4. The van der Waals surface area contributed by atoms with Gasteiger partial charge in [-0.25, -0.2) is 4.90 Å². The quantitative estimate of drug-likeness (QED) is 0.188. The number of carbonyl (C=O) groups is 4. The molecule has 236 valence electrons. The predicted octanol–water partition coefficient (Wildman–Crippen LogP) is 6.78. The molecule has 1 aromatic heterocycles. The maximum Gasteiger partial charge on any atom is 0.246 e. The van der Waals surface area contributed by atoms with Gasteiger partial charge in [0.1, 0.15) is 5.75 Å². The Kier molecular flexibility index (Phi) is 7.00. The van der Waals surface area contributed by atoms with E-state index in [1.807, 2.05) is 66.1 Å². The molecule has 4 aliphatic rings. The lowest BCUT2D eigenvalue weighted by Crippen LogP contribution is -2.53. The van der Waals surface area contributed by atoms with E-state index in [9.17, 15) is 19.5 Å². The number of para-hydroxylation sites is 1. The summed E-state index contributed by atoms with van der Waals surface area (Å²) in [5, 5.41) is 14.0. The molecule has 1 N–H and O–H groups in total. The normalized spacial score (nSPS) is 28.3. The molecule has 7 nitrogen and oxygen atoms in total. The number of fused-ring (bicyclic) bond motifs is 4. The summed E-state index contributed by atoms with van der Waals surface area (Å²) < 4.78 is 0. The van der Waals surface area contributed by atoms with Crippen LogP contribution < -0.4 is 4.90 Å². The Hall–Kier alpha value is -4.53. The molecule has 1 saturated carbocycles. The number of nitrogens with zero attached hydrogens (tertiary/aromatic N) is 2. The second-order valence-electron chi connectivity index (χ2n) is 12.9. The Labute approximate surface area is 281 Å². The van der Waals surface area contributed by atoms with Crippen LogP contribution in [0.5, 0.6) is 5.75 Å². The van der Waals surface area contributed by atoms with Crippen molar-refractivity contribution < 1.29 is 24.3 Å². The number of aryl methyl sites for hydroxylation is 1. The van der Waals surface area contributed by atoms with E-state index < -0.39 is 40.9 Å². The highest BCUT2D eigenvalue weighted by Crippen LogP contribution is 2.65. The first-order chi connectivity index (χ1) is 22.7. The third-order valence-corrected chi connectivity index (χ3v) is 11.8. The smallest absolute Gasteiger partial charge is 0.246 e. The summed E-state index contributed by atoms with van der Waals surface area (Å²) in [5.41, 5.74) is 1.58. The number of amides is 4. The van der Waals surface area contributed by atoms with Crippen LogP contribution in [0.2, 0.25) is 5.02 Å². The average Bonchev–Trinajstić information content (AvgIpc) is 3.74. The van der Waals surface area contributed by atoms with Gasteiger partial charge in [-0.1, -0.05) is 83.9 Å². The van der Waals surface area contributed by atoms with Crippen LogP contribution in [-0.2, 0) is 31.1 Å². The van der Waals surface area contributed by atoms with Crippen molar-refractivity contribution in [3.63, 3.8) is 0 Å².